The predicted molar refractivity (Wildman–Crippen MR) is 127 cm³/mol. The van der Waals surface area contributed by atoms with Crippen molar-refractivity contribution in [2.75, 3.05) is 44.2 Å². The van der Waals surface area contributed by atoms with Gasteiger partial charge in [-0.1, -0.05) is 12.1 Å². The Labute approximate surface area is 200 Å². The molecule has 4 rings (SSSR count). The smallest absolute Gasteiger partial charge is 0.339 e. The number of benzene rings is 2. The average Bonchev–Trinajstić information content (AvgIpc) is 3.33. The van der Waals surface area contributed by atoms with Crippen molar-refractivity contribution in [3.05, 3.63) is 58.4 Å². The summed E-state index contributed by atoms with van der Waals surface area (Å²) >= 11 is 1.54. The van der Waals surface area contributed by atoms with Gasteiger partial charge in [0.25, 0.3) is 5.91 Å². The van der Waals surface area contributed by atoms with Gasteiger partial charge in [-0.05, 0) is 30.3 Å². The summed E-state index contributed by atoms with van der Waals surface area (Å²) in [5, 5.41) is 5.59. The van der Waals surface area contributed by atoms with Crippen LogP contribution in [0.3, 0.4) is 0 Å². The van der Waals surface area contributed by atoms with E-state index in [0.717, 1.165) is 16.3 Å². The molecule has 0 saturated heterocycles. The number of carbonyl (C=O) groups excluding carboxylic acids is 3. The second-order valence-electron chi connectivity index (χ2n) is 7.41. The molecule has 2 heterocycles. The van der Waals surface area contributed by atoms with Crippen LogP contribution in [0.25, 0.3) is 11.3 Å². The molecule has 0 radical (unpaired) electrons. The van der Waals surface area contributed by atoms with Crippen LogP contribution in [0.4, 0.5) is 11.4 Å². The molecule has 1 aliphatic heterocycles. The monoisotopic (exact) mass is 481 g/mol. The summed E-state index contributed by atoms with van der Waals surface area (Å²) in [6, 6.07) is 11.9. The largest absolute Gasteiger partial charge is 0.482 e. The molecule has 34 heavy (non-hydrogen) atoms. The number of aromatic nitrogens is 1. The number of anilines is 2. The topological polar surface area (TPSA) is 107 Å². The molecule has 0 spiro atoms. The maximum atomic E-state index is 12.8. The number of fused-ring (bicyclic) bond motifs is 1. The van der Waals surface area contributed by atoms with Gasteiger partial charge in [0.15, 0.2) is 6.61 Å². The number of carbonyl (C=O) groups is 3. The third-order valence-corrected chi connectivity index (χ3v) is 6.09. The molecular weight excluding hydrogens is 458 g/mol. The van der Waals surface area contributed by atoms with Gasteiger partial charge >= 0.3 is 5.97 Å². The van der Waals surface area contributed by atoms with Crippen LogP contribution in [0.2, 0.25) is 0 Å². The summed E-state index contributed by atoms with van der Waals surface area (Å²) in [5.41, 5.74) is 2.59. The normalized spacial score (nSPS) is 12.6. The fourth-order valence-electron chi connectivity index (χ4n) is 3.50. The molecule has 0 aliphatic carbocycles. The van der Waals surface area contributed by atoms with Gasteiger partial charge in [-0.25, -0.2) is 9.78 Å². The lowest BCUT2D eigenvalue weighted by atomic mass is 10.1. The van der Waals surface area contributed by atoms with Crippen molar-refractivity contribution < 1.29 is 28.6 Å². The number of nitrogens with one attached hydrogen (secondary N) is 1. The Hall–Kier alpha value is -3.76. The first kappa shape index (κ1) is 23.4. The SMILES string of the molecule is COCCc1nc(-c2ccc3c(c2)N(CC(=O)Nc2ccccc2C(=O)OC)C(=O)CO3)cs1. The number of hydrogen-bond donors (Lipinski definition) is 1. The summed E-state index contributed by atoms with van der Waals surface area (Å²) in [6.45, 7) is 0.169. The molecule has 0 bridgehead atoms. The van der Waals surface area contributed by atoms with Gasteiger partial charge < -0.3 is 19.5 Å². The fourth-order valence-corrected chi connectivity index (χ4v) is 4.28. The Morgan fingerprint density at radius 1 is 1.21 bits per heavy atom. The molecule has 0 atom stereocenters. The van der Waals surface area contributed by atoms with Gasteiger partial charge in [0.2, 0.25) is 5.91 Å². The number of hydrogen-bond acceptors (Lipinski definition) is 8. The van der Waals surface area contributed by atoms with Crippen LogP contribution in [0, 0.1) is 0 Å². The molecule has 2 aromatic carbocycles. The quantitative estimate of drug-likeness (QED) is 0.493. The van der Waals surface area contributed by atoms with Gasteiger partial charge in [-0.2, -0.15) is 0 Å². The van der Waals surface area contributed by atoms with Gasteiger partial charge in [0.05, 0.1) is 41.4 Å². The highest BCUT2D eigenvalue weighted by atomic mass is 32.1. The summed E-state index contributed by atoms with van der Waals surface area (Å²) < 4.78 is 15.4. The third kappa shape index (κ3) is 5.08. The van der Waals surface area contributed by atoms with Crippen molar-refractivity contribution in [1.82, 2.24) is 4.98 Å². The van der Waals surface area contributed by atoms with Crippen LogP contribution in [0.15, 0.2) is 47.8 Å². The van der Waals surface area contributed by atoms with Crippen molar-refractivity contribution in [3.8, 4) is 17.0 Å². The highest BCUT2D eigenvalue weighted by Crippen LogP contribution is 2.36. The van der Waals surface area contributed by atoms with Gasteiger partial charge in [-0.3, -0.25) is 14.5 Å². The first-order chi connectivity index (χ1) is 16.5. The van der Waals surface area contributed by atoms with Gasteiger partial charge in [0, 0.05) is 24.5 Å². The standard InChI is InChI=1S/C24H23N3O6S/c1-31-10-9-22-26-18(14-34-22)15-7-8-20-19(11-15)27(23(29)13-33-20)12-21(28)25-17-6-4-3-5-16(17)24(30)32-2/h3-8,11,14H,9-10,12-13H2,1-2H3,(H,25,28). The lowest BCUT2D eigenvalue weighted by molar-refractivity contribution is -0.123. The highest BCUT2D eigenvalue weighted by molar-refractivity contribution is 7.09. The Morgan fingerprint density at radius 2 is 2.03 bits per heavy atom. The van der Waals surface area contributed by atoms with Crippen molar-refractivity contribution in [1.29, 1.82) is 0 Å². The fraction of sp³-hybridized carbons (Fsp3) is 0.250. The second kappa shape index (κ2) is 10.4. The molecule has 1 aliphatic rings. The minimum absolute atomic E-state index is 0.170. The zero-order chi connectivity index (χ0) is 24.1. The second-order valence-corrected chi connectivity index (χ2v) is 8.35. The summed E-state index contributed by atoms with van der Waals surface area (Å²) in [4.78, 5) is 43.5. The predicted octanol–water partition coefficient (Wildman–Crippen LogP) is 3.15. The van der Waals surface area contributed by atoms with Crippen LogP contribution in [-0.2, 0) is 25.5 Å². The van der Waals surface area contributed by atoms with Crippen LogP contribution in [0.5, 0.6) is 5.75 Å². The Bertz CT molecular complexity index is 1220. The average molecular weight is 482 g/mol. The Kier molecular flexibility index (Phi) is 7.19. The Balaban J connectivity index is 1.56. The molecule has 1 aromatic heterocycles. The third-order valence-electron chi connectivity index (χ3n) is 5.18. The number of esters is 1. The first-order valence-corrected chi connectivity index (χ1v) is 11.4. The number of thiazole rings is 1. The summed E-state index contributed by atoms with van der Waals surface area (Å²) in [6.07, 6.45) is 0.715. The van der Waals surface area contributed by atoms with E-state index >= 15 is 0 Å². The van der Waals surface area contributed by atoms with E-state index in [4.69, 9.17) is 14.2 Å². The van der Waals surface area contributed by atoms with Gasteiger partial charge in [-0.15, -0.1) is 11.3 Å². The number of para-hydroxylation sites is 1. The maximum Gasteiger partial charge on any atom is 0.339 e. The molecule has 0 saturated carbocycles. The van der Waals surface area contributed by atoms with Crippen molar-refractivity contribution in [2.45, 2.75) is 6.42 Å². The van der Waals surface area contributed by atoms with Gasteiger partial charge in [0.1, 0.15) is 12.3 Å². The first-order valence-electron chi connectivity index (χ1n) is 10.5. The lowest BCUT2D eigenvalue weighted by Gasteiger charge is -2.29. The molecule has 3 aromatic rings. The summed E-state index contributed by atoms with van der Waals surface area (Å²) in [5.74, 6) is -0.874. The van der Waals surface area contributed by atoms with Crippen molar-refractivity contribution >= 4 is 40.5 Å². The molecule has 10 heteroatoms. The van der Waals surface area contributed by atoms with E-state index in [9.17, 15) is 14.4 Å². The number of methoxy groups -OCH3 is 2. The number of rotatable bonds is 8. The van der Waals surface area contributed by atoms with E-state index < -0.39 is 11.9 Å². The molecule has 0 unspecified atom stereocenters. The molecule has 0 fully saturated rings. The van der Waals surface area contributed by atoms with E-state index in [1.807, 2.05) is 11.4 Å². The zero-order valence-corrected chi connectivity index (χ0v) is 19.5. The van der Waals surface area contributed by atoms with Crippen LogP contribution in [0.1, 0.15) is 15.4 Å². The van der Waals surface area contributed by atoms with Crippen molar-refractivity contribution in [3.63, 3.8) is 0 Å². The van der Waals surface area contributed by atoms with E-state index in [-0.39, 0.29) is 24.6 Å². The number of ether oxygens (including phenoxy) is 3. The molecule has 2 amide bonds. The Morgan fingerprint density at radius 3 is 2.82 bits per heavy atom. The zero-order valence-electron chi connectivity index (χ0n) is 18.7. The van der Waals surface area contributed by atoms with Crippen LogP contribution in [-0.4, -0.2) is 56.7 Å². The molecule has 1 N–H and O–H groups in total. The molecule has 9 nitrogen and oxygen atoms in total. The molecule has 176 valence electrons. The lowest BCUT2D eigenvalue weighted by Crippen LogP contribution is -2.43. The van der Waals surface area contributed by atoms with Crippen LogP contribution < -0.4 is 15.0 Å². The van der Waals surface area contributed by atoms with E-state index in [1.54, 1.807) is 43.5 Å². The van der Waals surface area contributed by atoms with E-state index in [0.29, 0.717) is 30.2 Å². The molecular formula is C24H23N3O6S. The number of nitrogens with zero attached hydrogens (tertiary/aromatic N) is 2. The highest BCUT2D eigenvalue weighted by Gasteiger charge is 2.28. The van der Waals surface area contributed by atoms with E-state index in [2.05, 4.69) is 10.3 Å². The van der Waals surface area contributed by atoms with E-state index in [1.165, 1.54) is 23.3 Å². The van der Waals surface area contributed by atoms with Crippen molar-refractivity contribution in [2.24, 2.45) is 0 Å². The van der Waals surface area contributed by atoms with Crippen LogP contribution >= 0.6 is 11.3 Å². The number of amides is 2. The minimum atomic E-state index is -0.568. The maximum absolute atomic E-state index is 12.8. The summed E-state index contributed by atoms with van der Waals surface area (Å²) in [7, 11) is 2.92. The minimum Gasteiger partial charge on any atom is -0.482 e.